The number of nitrogens with zero attached hydrogens (tertiary/aromatic N) is 3. The summed E-state index contributed by atoms with van der Waals surface area (Å²) >= 11 is 1.18. The van der Waals surface area contributed by atoms with Gasteiger partial charge < -0.3 is 4.74 Å². The Morgan fingerprint density at radius 3 is 2.79 bits per heavy atom. The fraction of sp³-hybridized carbons (Fsp3) is 0.500. The van der Waals surface area contributed by atoms with Gasteiger partial charge in [0.2, 0.25) is 0 Å². The van der Waals surface area contributed by atoms with Crippen LogP contribution in [0.2, 0.25) is 0 Å². The highest BCUT2D eigenvalue weighted by molar-refractivity contribution is 6.99. The van der Waals surface area contributed by atoms with Crippen molar-refractivity contribution >= 4 is 11.7 Å². The molecule has 0 unspecified atom stereocenters. The highest BCUT2D eigenvalue weighted by atomic mass is 32.1. The van der Waals surface area contributed by atoms with Crippen LogP contribution in [0.1, 0.15) is 38.3 Å². The van der Waals surface area contributed by atoms with Gasteiger partial charge in [-0.05, 0) is 25.5 Å². The van der Waals surface area contributed by atoms with Crippen LogP contribution in [0.4, 0.5) is 0 Å². The Morgan fingerprint density at radius 1 is 1.16 bits per heavy atom. The molecule has 19 heavy (non-hydrogen) atoms. The van der Waals surface area contributed by atoms with Gasteiger partial charge in [0.1, 0.15) is 5.69 Å². The Balaban J connectivity index is 1.96. The van der Waals surface area contributed by atoms with Crippen molar-refractivity contribution in [2.75, 3.05) is 6.61 Å². The molecule has 0 spiro atoms. The smallest absolute Gasteiger partial charge is 0.254 e. The molecule has 2 rings (SSSR count). The molecule has 4 nitrogen and oxygen atoms in total. The molecule has 0 radical (unpaired) electrons. The van der Waals surface area contributed by atoms with E-state index in [9.17, 15) is 0 Å². The second kappa shape index (κ2) is 7.19. The number of aromatic nitrogens is 3. The maximum atomic E-state index is 5.72. The highest BCUT2D eigenvalue weighted by Crippen LogP contribution is 2.27. The summed E-state index contributed by atoms with van der Waals surface area (Å²) < 4.78 is 14.2. The Kier molecular flexibility index (Phi) is 5.27. The molecule has 0 atom stereocenters. The molecule has 2 aromatic rings. The first kappa shape index (κ1) is 13.9. The summed E-state index contributed by atoms with van der Waals surface area (Å²) in [6, 6.07) is 3.97. The van der Waals surface area contributed by atoms with Gasteiger partial charge >= 0.3 is 0 Å². The molecule has 5 heteroatoms. The van der Waals surface area contributed by atoms with Gasteiger partial charge in [-0.2, -0.15) is 4.37 Å². The van der Waals surface area contributed by atoms with Crippen molar-refractivity contribution in [3.05, 3.63) is 24.0 Å². The third-order valence-corrected chi connectivity index (χ3v) is 3.39. The van der Waals surface area contributed by atoms with Gasteiger partial charge in [0.25, 0.3) is 5.88 Å². The largest absolute Gasteiger partial charge is 0.475 e. The summed E-state index contributed by atoms with van der Waals surface area (Å²) in [6.45, 7) is 4.87. The lowest BCUT2D eigenvalue weighted by molar-refractivity contribution is 0.297. The third-order valence-electron chi connectivity index (χ3n) is 2.88. The van der Waals surface area contributed by atoms with Crippen molar-refractivity contribution < 1.29 is 4.74 Å². The van der Waals surface area contributed by atoms with Crippen molar-refractivity contribution in [1.82, 2.24) is 13.7 Å². The summed E-state index contributed by atoms with van der Waals surface area (Å²) in [5.41, 5.74) is 2.75. The van der Waals surface area contributed by atoms with E-state index < -0.39 is 0 Å². The van der Waals surface area contributed by atoms with Crippen LogP contribution in [0.5, 0.6) is 5.88 Å². The number of hydrogen-bond donors (Lipinski definition) is 0. The Labute approximate surface area is 118 Å². The zero-order valence-electron chi connectivity index (χ0n) is 11.4. The minimum atomic E-state index is 0.632. The van der Waals surface area contributed by atoms with Gasteiger partial charge in [-0.1, -0.05) is 26.2 Å². The molecule has 0 saturated heterocycles. The molecule has 0 aliphatic rings. The lowest BCUT2D eigenvalue weighted by Gasteiger charge is -2.04. The van der Waals surface area contributed by atoms with Crippen molar-refractivity contribution in [3.63, 3.8) is 0 Å². The van der Waals surface area contributed by atoms with Crippen LogP contribution in [0, 0.1) is 6.92 Å². The van der Waals surface area contributed by atoms with E-state index in [1.807, 2.05) is 25.3 Å². The minimum Gasteiger partial charge on any atom is -0.475 e. The van der Waals surface area contributed by atoms with Crippen LogP contribution in [0.15, 0.2) is 18.3 Å². The molecule has 0 aliphatic carbocycles. The van der Waals surface area contributed by atoms with Crippen LogP contribution in [0.25, 0.3) is 11.3 Å². The van der Waals surface area contributed by atoms with Crippen molar-refractivity contribution in [1.29, 1.82) is 0 Å². The molecule has 0 aliphatic heterocycles. The SMILES string of the molecule is CCCCCCOc1nsnc1-c1ccc(C)nc1. The fourth-order valence-corrected chi connectivity index (χ4v) is 2.28. The first-order chi connectivity index (χ1) is 9.31. The first-order valence-electron chi connectivity index (χ1n) is 6.69. The van der Waals surface area contributed by atoms with Crippen LogP contribution in [-0.2, 0) is 0 Å². The lowest BCUT2D eigenvalue weighted by atomic mass is 10.2. The number of unbranched alkanes of at least 4 members (excludes halogenated alkanes) is 3. The normalized spacial score (nSPS) is 10.6. The van der Waals surface area contributed by atoms with E-state index in [2.05, 4.69) is 20.7 Å². The van der Waals surface area contributed by atoms with Crippen LogP contribution < -0.4 is 4.74 Å². The molecule has 0 saturated carbocycles. The third kappa shape index (κ3) is 3.99. The Bertz CT molecular complexity index is 496. The molecule has 0 amide bonds. The van der Waals surface area contributed by atoms with Gasteiger partial charge in [-0.15, -0.1) is 4.37 Å². The number of ether oxygens (including phenoxy) is 1. The van der Waals surface area contributed by atoms with Gasteiger partial charge in [0, 0.05) is 17.5 Å². The fourth-order valence-electron chi connectivity index (χ4n) is 1.76. The maximum absolute atomic E-state index is 5.72. The molecule has 0 N–H and O–H groups in total. The van der Waals surface area contributed by atoms with Crippen molar-refractivity contribution in [2.24, 2.45) is 0 Å². The van der Waals surface area contributed by atoms with Gasteiger partial charge in [0.15, 0.2) is 0 Å². The van der Waals surface area contributed by atoms with Gasteiger partial charge in [0.05, 0.1) is 18.3 Å². The average molecular weight is 277 g/mol. The van der Waals surface area contributed by atoms with Crippen LogP contribution >= 0.6 is 11.7 Å². The number of aryl methyl sites for hydroxylation is 1. The molecule has 0 fully saturated rings. The summed E-state index contributed by atoms with van der Waals surface area (Å²) in [4.78, 5) is 4.28. The maximum Gasteiger partial charge on any atom is 0.254 e. The molecular weight excluding hydrogens is 258 g/mol. The zero-order chi connectivity index (χ0) is 13.5. The average Bonchev–Trinajstić information content (AvgIpc) is 2.88. The molecule has 102 valence electrons. The quantitative estimate of drug-likeness (QED) is 0.721. The predicted molar refractivity (Wildman–Crippen MR) is 77.5 cm³/mol. The minimum absolute atomic E-state index is 0.632. The second-order valence-corrected chi connectivity index (χ2v) is 5.04. The highest BCUT2D eigenvalue weighted by Gasteiger charge is 2.11. The lowest BCUT2D eigenvalue weighted by Crippen LogP contribution is -1.99. The molecule has 2 heterocycles. The summed E-state index contributed by atoms with van der Waals surface area (Å²) in [7, 11) is 0. The monoisotopic (exact) mass is 277 g/mol. The second-order valence-electron chi connectivity index (χ2n) is 4.52. The van der Waals surface area contributed by atoms with Crippen molar-refractivity contribution in [2.45, 2.75) is 39.5 Å². The summed E-state index contributed by atoms with van der Waals surface area (Å²) in [5.74, 6) is 0.632. The van der Waals surface area contributed by atoms with Crippen LogP contribution in [-0.4, -0.2) is 20.3 Å². The number of rotatable bonds is 7. The number of pyridine rings is 1. The Morgan fingerprint density at radius 2 is 2.05 bits per heavy atom. The van der Waals surface area contributed by atoms with Crippen molar-refractivity contribution in [3.8, 4) is 17.1 Å². The Hall–Kier alpha value is -1.49. The van der Waals surface area contributed by atoms with E-state index >= 15 is 0 Å². The van der Waals surface area contributed by atoms with E-state index in [1.54, 1.807) is 0 Å². The summed E-state index contributed by atoms with van der Waals surface area (Å²) in [5, 5.41) is 0. The molecular formula is C14H19N3OS. The molecule has 0 bridgehead atoms. The standard InChI is InChI=1S/C14H19N3OS/c1-3-4-5-6-9-18-14-13(16-19-17-14)12-8-7-11(2)15-10-12/h7-8,10H,3-6,9H2,1-2H3. The zero-order valence-corrected chi connectivity index (χ0v) is 12.2. The first-order valence-corrected chi connectivity index (χ1v) is 7.42. The topological polar surface area (TPSA) is 47.9 Å². The number of hydrogen-bond acceptors (Lipinski definition) is 5. The molecule has 0 aromatic carbocycles. The van der Waals surface area contributed by atoms with Gasteiger partial charge in [-0.25, -0.2) is 0 Å². The van der Waals surface area contributed by atoms with E-state index in [0.717, 1.165) is 23.4 Å². The van der Waals surface area contributed by atoms with E-state index in [0.29, 0.717) is 12.5 Å². The van der Waals surface area contributed by atoms with E-state index in [1.165, 1.54) is 31.0 Å². The molecule has 2 aromatic heterocycles. The predicted octanol–water partition coefficient (Wildman–Crippen LogP) is 3.87. The van der Waals surface area contributed by atoms with E-state index in [-0.39, 0.29) is 0 Å². The van der Waals surface area contributed by atoms with Crippen LogP contribution in [0.3, 0.4) is 0 Å². The van der Waals surface area contributed by atoms with Gasteiger partial charge in [-0.3, -0.25) is 4.98 Å². The summed E-state index contributed by atoms with van der Waals surface area (Å²) in [6.07, 6.45) is 6.58. The van der Waals surface area contributed by atoms with E-state index in [4.69, 9.17) is 4.74 Å².